The third-order valence-corrected chi connectivity index (χ3v) is 4.13. The number of carbonyl (C=O) groups excluding carboxylic acids is 1. The van der Waals surface area contributed by atoms with Crippen LogP contribution in [0.1, 0.15) is 20.3 Å². The fourth-order valence-electron chi connectivity index (χ4n) is 1.72. The van der Waals surface area contributed by atoms with Crippen molar-refractivity contribution in [3.63, 3.8) is 0 Å². The summed E-state index contributed by atoms with van der Waals surface area (Å²) >= 11 is 0. The summed E-state index contributed by atoms with van der Waals surface area (Å²) in [5.74, 6) is -0.217. The first kappa shape index (κ1) is 15.7. The summed E-state index contributed by atoms with van der Waals surface area (Å²) in [6.45, 7) is 3.93. The average Bonchev–Trinajstić information content (AvgIpc) is 2.39. The molecule has 1 rings (SSSR count). The monoisotopic (exact) mass is 284 g/mol. The molecule has 0 radical (unpaired) electrons. The number of amides is 1. The highest BCUT2D eigenvalue weighted by molar-refractivity contribution is 7.89. The van der Waals surface area contributed by atoms with Crippen molar-refractivity contribution < 1.29 is 13.2 Å². The topological polar surface area (TPSA) is 66.5 Å². The van der Waals surface area contributed by atoms with E-state index in [-0.39, 0.29) is 18.2 Å². The lowest BCUT2D eigenvalue weighted by molar-refractivity contribution is -0.117. The largest absolute Gasteiger partial charge is 0.312 e. The van der Waals surface area contributed by atoms with Gasteiger partial charge in [-0.15, -0.1) is 0 Å². The molecule has 0 aliphatic carbocycles. The molecule has 106 valence electrons. The first-order valence-electron chi connectivity index (χ1n) is 6.33. The summed E-state index contributed by atoms with van der Waals surface area (Å²) in [5, 5.41) is 0. The number of hydrogen-bond acceptors (Lipinski definition) is 3. The average molecular weight is 284 g/mol. The summed E-state index contributed by atoms with van der Waals surface area (Å²) in [6.07, 6.45) is 0.527. The van der Waals surface area contributed by atoms with Gasteiger partial charge in [-0.2, -0.15) is 0 Å². The second-order valence-corrected chi connectivity index (χ2v) is 6.04. The lowest BCUT2D eigenvalue weighted by Gasteiger charge is -2.21. The van der Waals surface area contributed by atoms with Gasteiger partial charge in [-0.1, -0.05) is 25.1 Å². The Labute approximate surface area is 114 Å². The van der Waals surface area contributed by atoms with E-state index in [2.05, 4.69) is 4.72 Å². The summed E-state index contributed by atoms with van der Waals surface area (Å²) in [6, 6.07) is 9.19. The van der Waals surface area contributed by atoms with Crippen molar-refractivity contribution in [3.8, 4) is 0 Å². The minimum Gasteiger partial charge on any atom is -0.312 e. The van der Waals surface area contributed by atoms with Crippen LogP contribution in [0.5, 0.6) is 0 Å². The molecule has 0 aromatic heterocycles. The minimum atomic E-state index is -3.35. The van der Waals surface area contributed by atoms with Crippen LogP contribution in [0.3, 0.4) is 0 Å². The van der Waals surface area contributed by atoms with E-state index in [1.165, 1.54) is 0 Å². The molecule has 0 aliphatic rings. The third-order valence-electron chi connectivity index (χ3n) is 2.60. The standard InChI is InChI=1S/C13H20N2O3S/c1-3-10-19(17,18)14-11-13(16)15(4-2)12-8-6-5-7-9-12/h5-9,14H,3-4,10-11H2,1-2H3. The Morgan fingerprint density at radius 2 is 1.84 bits per heavy atom. The molecule has 1 aromatic carbocycles. The number of nitrogens with one attached hydrogen (secondary N) is 1. The first-order valence-corrected chi connectivity index (χ1v) is 7.98. The maximum absolute atomic E-state index is 12.0. The van der Waals surface area contributed by atoms with Gasteiger partial charge < -0.3 is 4.90 Å². The zero-order valence-electron chi connectivity index (χ0n) is 11.3. The SMILES string of the molecule is CCCS(=O)(=O)NCC(=O)N(CC)c1ccccc1. The molecule has 0 unspecified atom stereocenters. The Morgan fingerprint density at radius 3 is 2.37 bits per heavy atom. The van der Waals surface area contributed by atoms with Gasteiger partial charge in [-0.05, 0) is 25.5 Å². The molecule has 0 heterocycles. The number of nitrogens with zero attached hydrogens (tertiary/aromatic N) is 1. The van der Waals surface area contributed by atoms with Gasteiger partial charge in [-0.3, -0.25) is 4.79 Å². The summed E-state index contributed by atoms with van der Waals surface area (Å²) < 4.78 is 25.3. The summed E-state index contributed by atoms with van der Waals surface area (Å²) in [4.78, 5) is 13.6. The van der Waals surface area contributed by atoms with Crippen LogP contribution in [0.2, 0.25) is 0 Å². The second-order valence-electron chi connectivity index (χ2n) is 4.11. The van der Waals surface area contributed by atoms with Gasteiger partial charge in [0.05, 0.1) is 12.3 Å². The van der Waals surface area contributed by atoms with Gasteiger partial charge in [0.15, 0.2) is 0 Å². The quantitative estimate of drug-likeness (QED) is 0.822. The number of benzene rings is 1. The van der Waals surface area contributed by atoms with Crippen LogP contribution < -0.4 is 9.62 Å². The van der Waals surface area contributed by atoms with E-state index in [0.717, 1.165) is 5.69 Å². The molecule has 0 saturated heterocycles. The molecule has 6 heteroatoms. The third kappa shape index (κ3) is 5.00. The minimum absolute atomic E-state index is 0.0394. The van der Waals surface area contributed by atoms with Gasteiger partial charge in [0, 0.05) is 12.2 Å². The molecule has 5 nitrogen and oxygen atoms in total. The highest BCUT2D eigenvalue weighted by Gasteiger charge is 2.16. The Balaban J connectivity index is 2.66. The van der Waals surface area contributed by atoms with Crippen molar-refractivity contribution in [1.82, 2.24) is 4.72 Å². The smallest absolute Gasteiger partial charge is 0.242 e. The highest BCUT2D eigenvalue weighted by Crippen LogP contribution is 2.12. The van der Waals surface area contributed by atoms with E-state index >= 15 is 0 Å². The zero-order valence-corrected chi connectivity index (χ0v) is 12.1. The van der Waals surface area contributed by atoms with E-state index in [9.17, 15) is 13.2 Å². The molecule has 0 saturated carbocycles. The van der Waals surface area contributed by atoms with Crippen molar-refractivity contribution in [1.29, 1.82) is 0 Å². The van der Waals surface area contributed by atoms with Crippen molar-refractivity contribution in [2.45, 2.75) is 20.3 Å². The summed E-state index contributed by atoms with van der Waals surface area (Å²) in [5.41, 5.74) is 0.768. The second kappa shape index (κ2) is 7.25. The maximum atomic E-state index is 12.0. The molecular weight excluding hydrogens is 264 g/mol. The Morgan fingerprint density at radius 1 is 1.21 bits per heavy atom. The fraction of sp³-hybridized carbons (Fsp3) is 0.462. The Bertz CT molecular complexity index is 500. The van der Waals surface area contributed by atoms with Gasteiger partial charge >= 0.3 is 0 Å². The molecule has 0 bridgehead atoms. The van der Waals surface area contributed by atoms with Crippen LogP contribution >= 0.6 is 0 Å². The lowest BCUT2D eigenvalue weighted by Crippen LogP contribution is -2.40. The van der Waals surface area contributed by atoms with E-state index < -0.39 is 10.0 Å². The Hall–Kier alpha value is -1.40. The van der Waals surface area contributed by atoms with Gasteiger partial charge in [-0.25, -0.2) is 13.1 Å². The van der Waals surface area contributed by atoms with E-state index in [1.807, 2.05) is 37.3 Å². The molecule has 1 N–H and O–H groups in total. The van der Waals surface area contributed by atoms with Crippen LogP contribution in [0.25, 0.3) is 0 Å². The lowest BCUT2D eigenvalue weighted by atomic mass is 10.3. The van der Waals surface area contributed by atoms with E-state index in [4.69, 9.17) is 0 Å². The number of anilines is 1. The van der Waals surface area contributed by atoms with Gasteiger partial charge in [0.1, 0.15) is 0 Å². The maximum Gasteiger partial charge on any atom is 0.242 e. The number of para-hydroxylation sites is 1. The molecule has 0 fully saturated rings. The number of rotatable bonds is 7. The molecule has 1 aromatic rings. The van der Waals surface area contributed by atoms with Crippen LogP contribution in [0.15, 0.2) is 30.3 Å². The highest BCUT2D eigenvalue weighted by atomic mass is 32.2. The van der Waals surface area contributed by atoms with E-state index in [1.54, 1.807) is 11.8 Å². The van der Waals surface area contributed by atoms with Gasteiger partial charge in [0.2, 0.25) is 15.9 Å². The molecule has 19 heavy (non-hydrogen) atoms. The van der Waals surface area contributed by atoms with Crippen molar-refractivity contribution in [3.05, 3.63) is 30.3 Å². The number of sulfonamides is 1. The van der Waals surface area contributed by atoms with Crippen molar-refractivity contribution in [2.75, 3.05) is 23.7 Å². The van der Waals surface area contributed by atoms with E-state index in [0.29, 0.717) is 13.0 Å². The normalized spacial score (nSPS) is 11.3. The molecule has 0 aliphatic heterocycles. The Kier molecular flexibility index (Phi) is 5.98. The van der Waals surface area contributed by atoms with Crippen LogP contribution in [-0.4, -0.2) is 33.2 Å². The summed E-state index contributed by atoms with van der Waals surface area (Å²) in [7, 11) is -3.35. The van der Waals surface area contributed by atoms with Crippen LogP contribution in [0.4, 0.5) is 5.69 Å². The molecule has 0 spiro atoms. The predicted molar refractivity (Wildman–Crippen MR) is 76.5 cm³/mol. The van der Waals surface area contributed by atoms with Crippen LogP contribution in [-0.2, 0) is 14.8 Å². The van der Waals surface area contributed by atoms with Crippen molar-refractivity contribution in [2.24, 2.45) is 0 Å². The number of carbonyl (C=O) groups is 1. The zero-order chi connectivity index (χ0) is 14.3. The fourth-order valence-corrected chi connectivity index (χ4v) is 2.74. The first-order chi connectivity index (χ1) is 9.00. The number of hydrogen-bond donors (Lipinski definition) is 1. The number of likely N-dealkylation sites (N-methyl/N-ethyl adjacent to an activating group) is 1. The molecule has 1 amide bonds. The van der Waals surface area contributed by atoms with Crippen molar-refractivity contribution >= 4 is 21.6 Å². The van der Waals surface area contributed by atoms with Crippen LogP contribution in [0, 0.1) is 0 Å². The molecular formula is C13H20N2O3S. The predicted octanol–water partition coefficient (Wildman–Crippen LogP) is 1.37. The molecule has 0 atom stereocenters. The van der Waals surface area contributed by atoms with Gasteiger partial charge in [0.25, 0.3) is 0 Å².